The van der Waals surface area contributed by atoms with E-state index in [0.29, 0.717) is 15.1 Å². The van der Waals surface area contributed by atoms with Crippen molar-refractivity contribution in [3.05, 3.63) is 64.4 Å². The van der Waals surface area contributed by atoms with Crippen molar-refractivity contribution in [2.45, 2.75) is 20.0 Å². The van der Waals surface area contributed by atoms with E-state index in [2.05, 4.69) is 20.4 Å². The molecule has 1 aromatic carbocycles. The number of benzene rings is 1. The Bertz CT molecular complexity index is 1210. The molecule has 6 nitrogen and oxygen atoms in total. The highest BCUT2D eigenvalue weighted by molar-refractivity contribution is 7.13. The van der Waals surface area contributed by atoms with E-state index >= 15 is 0 Å². The maximum absolute atomic E-state index is 13.6. The van der Waals surface area contributed by atoms with Crippen molar-refractivity contribution in [2.24, 2.45) is 0 Å². The van der Waals surface area contributed by atoms with Gasteiger partial charge in [0, 0.05) is 5.69 Å². The number of halogens is 3. The van der Waals surface area contributed by atoms with Gasteiger partial charge >= 0.3 is 6.18 Å². The van der Waals surface area contributed by atoms with E-state index in [1.807, 2.05) is 19.9 Å². The molecule has 3 heterocycles. The van der Waals surface area contributed by atoms with Gasteiger partial charge in [0.2, 0.25) is 5.82 Å². The minimum atomic E-state index is -4.69. The highest BCUT2D eigenvalue weighted by atomic mass is 32.1. The number of hydrogen-bond acceptors (Lipinski definition) is 5. The molecule has 0 bridgehead atoms. The number of anilines is 1. The molecular weight excluding hydrogens is 403 g/mol. The fraction of sp³-hybridized carbons (Fsp3) is 0.158. The Morgan fingerprint density at radius 3 is 2.55 bits per heavy atom. The van der Waals surface area contributed by atoms with E-state index in [-0.39, 0.29) is 11.5 Å². The zero-order valence-corrected chi connectivity index (χ0v) is 16.1. The lowest BCUT2D eigenvalue weighted by Gasteiger charge is -2.09. The third kappa shape index (κ3) is 3.70. The second kappa shape index (κ2) is 6.96. The highest BCUT2D eigenvalue weighted by Gasteiger charge is 2.36. The van der Waals surface area contributed by atoms with E-state index in [9.17, 15) is 18.0 Å². The number of alkyl halides is 3. The molecule has 1 N–H and O–H groups in total. The normalized spacial score (nSPS) is 11.8. The number of aryl methyl sites for hydroxylation is 2. The Balaban J connectivity index is 1.76. The molecule has 148 valence electrons. The van der Waals surface area contributed by atoms with Crippen molar-refractivity contribution in [3.8, 4) is 10.6 Å². The van der Waals surface area contributed by atoms with Crippen molar-refractivity contribution in [1.29, 1.82) is 0 Å². The van der Waals surface area contributed by atoms with Crippen LogP contribution in [0.4, 0.5) is 18.9 Å². The lowest BCUT2D eigenvalue weighted by atomic mass is 10.1. The third-order valence-electron chi connectivity index (χ3n) is 4.34. The Labute approximate surface area is 167 Å². The van der Waals surface area contributed by atoms with Gasteiger partial charge in [0.05, 0.1) is 10.6 Å². The molecule has 0 radical (unpaired) electrons. The summed E-state index contributed by atoms with van der Waals surface area (Å²) in [5.41, 5.74) is 1.58. The molecule has 3 aromatic heterocycles. The van der Waals surface area contributed by atoms with Crippen molar-refractivity contribution in [3.63, 3.8) is 0 Å². The van der Waals surface area contributed by atoms with Crippen LogP contribution in [0.3, 0.4) is 0 Å². The van der Waals surface area contributed by atoms with Crippen LogP contribution in [-0.2, 0) is 6.18 Å². The molecule has 0 aliphatic rings. The second-order valence-electron chi connectivity index (χ2n) is 6.40. The fourth-order valence-electron chi connectivity index (χ4n) is 2.72. The third-order valence-corrected chi connectivity index (χ3v) is 5.24. The predicted molar refractivity (Wildman–Crippen MR) is 103 cm³/mol. The number of nitrogens with one attached hydrogen (secondary N) is 1. The molecule has 0 fully saturated rings. The zero-order chi connectivity index (χ0) is 20.8. The molecule has 4 rings (SSSR count). The minimum absolute atomic E-state index is 0.119. The summed E-state index contributed by atoms with van der Waals surface area (Å²) < 4.78 is 41.2. The zero-order valence-electron chi connectivity index (χ0n) is 15.3. The van der Waals surface area contributed by atoms with Gasteiger partial charge in [0.25, 0.3) is 11.7 Å². The van der Waals surface area contributed by atoms with Crippen molar-refractivity contribution in [1.82, 2.24) is 19.6 Å². The Morgan fingerprint density at radius 1 is 1.10 bits per heavy atom. The number of fused-ring (bicyclic) bond motifs is 1. The maximum Gasteiger partial charge on any atom is 0.433 e. The molecule has 4 aromatic rings. The summed E-state index contributed by atoms with van der Waals surface area (Å²) in [6.45, 7) is 3.82. The summed E-state index contributed by atoms with van der Waals surface area (Å²) in [6, 6.07) is 9.57. The Hall–Kier alpha value is -3.27. The van der Waals surface area contributed by atoms with E-state index < -0.39 is 23.6 Å². The van der Waals surface area contributed by atoms with Crippen LogP contribution in [0.15, 0.2) is 41.8 Å². The number of nitrogens with zero attached hydrogens (tertiary/aromatic N) is 4. The van der Waals surface area contributed by atoms with Crippen LogP contribution >= 0.6 is 11.3 Å². The van der Waals surface area contributed by atoms with Gasteiger partial charge in [0.15, 0.2) is 5.69 Å². The fourth-order valence-corrected chi connectivity index (χ4v) is 3.41. The van der Waals surface area contributed by atoms with Gasteiger partial charge in [-0.25, -0.2) is 4.98 Å². The van der Waals surface area contributed by atoms with Crippen molar-refractivity contribution < 1.29 is 18.0 Å². The predicted octanol–water partition coefficient (Wildman–Crippen LogP) is 4.74. The Morgan fingerprint density at radius 2 is 1.90 bits per heavy atom. The van der Waals surface area contributed by atoms with Gasteiger partial charge in [0.1, 0.15) is 0 Å². The molecule has 0 unspecified atom stereocenters. The topological polar surface area (TPSA) is 72.2 Å². The number of carbonyl (C=O) groups excluding carboxylic acids is 1. The summed E-state index contributed by atoms with van der Waals surface area (Å²) in [6.07, 6.45) is -4.69. The SMILES string of the molecule is Cc1ccc(NC(=O)c2nc3nc(-c4cccs4)cc(C(F)(F)F)n3n2)cc1C. The second-order valence-corrected chi connectivity index (χ2v) is 7.35. The standard InChI is InChI=1S/C19H14F3N5OS/c1-10-5-6-12(8-11(10)2)23-17(28)16-25-18-24-13(14-4-3-7-29-14)9-15(19(20,21)22)27(18)26-16/h3-9H,1-2H3,(H,23,28). The van der Waals surface area contributed by atoms with Crippen molar-refractivity contribution >= 4 is 28.7 Å². The number of carbonyl (C=O) groups is 1. The van der Waals surface area contributed by atoms with Gasteiger partial charge in [-0.1, -0.05) is 12.1 Å². The van der Waals surface area contributed by atoms with E-state index in [1.165, 1.54) is 11.3 Å². The molecular formula is C19H14F3N5OS. The van der Waals surface area contributed by atoms with Crippen LogP contribution in [0.2, 0.25) is 0 Å². The maximum atomic E-state index is 13.6. The lowest BCUT2D eigenvalue weighted by Crippen LogP contribution is -2.16. The van der Waals surface area contributed by atoms with E-state index in [0.717, 1.165) is 17.2 Å². The van der Waals surface area contributed by atoms with Gasteiger partial charge in [-0.15, -0.1) is 16.4 Å². The molecule has 0 aliphatic heterocycles. The summed E-state index contributed by atoms with van der Waals surface area (Å²) in [5.74, 6) is -1.41. The van der Waals surface area contributed by atoms with Crippen LogP contribution in [0.1, 0.15) is 27.4 Å². The number of thiophene rings is 1. The minimum Gasteiger partial charge on any atom is -0.319 e. The van der Waals surface area contributed by atoms with E-state index in [4.69, 9.17) is 0 Å². The van der Waals surface area contributed by atoms with Gasteiger partial charge < -0.3 is 5.32 Å². The van der Waals surface area contributed by atoms with Crippen LogP contribution < -0.4 is 5.32 Å². The summed E-state index contributed by atoms with van der Waals surface area (Å²) in [5, 5.41) is 8.09. The molecule has 29 heavy (non-hydrogen) atoms. The monoisotopic (exact) mass is 417 g/mol. The largest absolute Gasteiger partial charge is 0.433 e. The summed E-state index contributed by atoms with van der Waals surface area (Å²) in [7, 11) is 0. The first-order valence-electron chi connectivity index (χ1n) is 8.50. The molecule has 10 heteroatoms. The summed E-state index contributed by atoms with van der Waals surface area (Å²) in [4.78, 5) is 21.1. The number of rotatable bonds is 3. The van der Waals surface area contributed by atoms with Gasteiger partial charge in [-0.2, -0.15) is 22.7 Å². The highest BCUT2D eigenvalue weighted by Crippen LogP contribution is 2.33. The molecule has 0 saturated heterocycles. The first-order chi connectivity index (χ1) is 13.7. The lowest BCUT2D eigenvalue weighted by molar-refractivity contribution is -0.142. The molecule has 1 amide bonds. The Kier molecular flexibility index (Phi) is 4.58. The molecule has 0 saturated carbocycles. The first-order valence-corrected chi connectivity index (χ1v) is 9.38. The van der Waals surface area contributed by atoms with Crippen molar-refractivity contribution in [2.75, 3.05) is 5.32 Å². The average molecular weight is 417 g/mol. The van der Waals surface area contributed by atoms with Crippen LogP contribution in [0.25, 0.3) is 16.3 Å². The van der Waals surface area contributed by atoms with Crippen LogP contribution in [0, 0.1) is 13.8 Å². The summed E-state index contributed by atoms with van der Waals surface area (Å²) >= 11 is 1.25. The molecule has 0 atom stereocenters. The molecule has 0 aliphatic carbocycles. The average Bonchev–Trinajstić information content (AvgIpc) is 3.32. The number of aromatic nitrogens is 4. The van der Waals surface area contributed by atoms with Gasteiger partial charge in [-0.05, 0) is 54.6 Å². The van der Waals surface area contributed by atoms with Gasteiger partial charge in [-0.3, -0.25) is 4.79 Å². The number of amides is 1. The first kappa shape index (κ1) is 19.1. The molecule has 0 spiro atoms. The van der Waals surface area contributed by atoms with E-state index in [1.54, 1.807) is 29.6 Å². The van der Waals surface area contributed by atoms with Crippen LogP contribution in [0.5, 0.6) is 0 Å². The quantitative estimate of drug-likeness (QED) is 0.523. The smallest absolute Gasteiger partial charge is 0.319 e. The van der Waals surface area contributed by atoms with Crippen LogP contribution in [-0.4, -0.2) is 25.5 Å². The number of hydrogen-bond donors (Lipinski definition) is 1.